The molecule has 0 aromatic heterocycles. The molecule has 0 spiro atoms. The summed E-state index contributed by atoms with van der Waals surface area (Å²) in [6.45, 7) is 5.85. The number of amides is 2. The number of para-hydroxylation sites is 1. The van der Waals surface area contributed by atoms with Gasteiger partial charge in [0.15, 0.2) is 0 Å². The Morgan fingerprint density at radius 1 is 0.944 bits per heavy atom. The number of halogens is 1. The molecule has 0 saturated carbocycles. The first-order valence-corrected chi connectivity index (χ1v) is 12.4. The fraction of sp³-hybridized carbons (Fsp3) is 0.286. The van der Waals surface area contributed by atoms with E-state index in [0.717, 1.165) is 15.6 Å². The number of nitro benzene ring substituents is 1. The van der Waals surface area contributed by atoms with Crippen LogP contribution in [-0.2, 0) is 29.0 Å². The van der Waals surface area contributed by atoms with Crippen LogP contribution in [0.3, 0.4) is 0 Å². The molecule has 1 atom stereocenters. The molecule has 0 unspecified atom stereocenters. The highest BCUT2D eigenvalue weighted by molar-refractivity contribution is 9.10. The summed E-state index contributed by atoms with van der Waals surface area (Å²) in [5.41, 5.74) is 1.44. The van der Waals surface area contributed by atoms with E-state index in [4.69, 9.17) is 0 Å². The zero-order valence-electron chi connectivity index (χ0n) is 20.6. The summed E-state index contributed by atoms with van der Waals surface area (Å²) in [5.74, 6) is -0.642. The van der Waals surface area contributed by atoms with Gasteiger partial charge >= 0.3 is 0 Å². The van der Waals surface area contributed by atoms with Crippen molar-refractivity contribution in [1.29, 1.82) is 0 Å². The number of benzene rings is 3. The summed E-state index contributed by atoms with van der Waals surface area (Å²) in [7, 11) is 0. The van der Waals surface area contributed by atoms with E-state index in [1.54, 1.807) is 18.2 Å². The van der Waals surface area contributed by atoms with Crippen LogP contribution in [0.15, 0.2) is 83.3 Å². The summed E-state index contributed by atoms with van der Waals surface area (Å²) in [6, 6.07) is 22.4. The molecule has 1 N–H and O–H groups in total. The molecule has 188 valence electrons. The number of nitrogens with zero attached hydrogens (tertiary/aromatic N) is 2. The average molecular weight is 552 g/mol. The van der Waals surface area contributed by atoms with Gasteiger partial charge in [0.1, 0.15) is 6.04 Å². The normalized spacial score (nSPS) is 12.0. The average Bonchev–Trinajstić information content (AvgIpc) is 2.82. The van der Waals surface area contributed by atoms with Gasteiger partial charge in [0.2, 0.25) is 11.8 Å². The fourth-order valence-corrected chi connectivity index (χ4v) is 4.16. The van der Waals surface area contributed by atoms with Crippen molar-refractivity contribution in [3.05, 3.63) is 110 Å². The molecule has 0 heterocycles. The molecule has 0 aliphatic carbocycles. The maximum Gasteiger partial charge on any atom is 0.273 e. The number of hydrogen-bond acceptors (Lipinski definition) is 4. The maximum atomic E-state index is 13.8. The molecular weight excluding hydrogens is 522 g/mol. The molecule has 36 heavy (non-hydrogen) atoms. The Morgan fingerprint density at radius 3 is 2.17 bits per heavy atom. The minimum absolute atomic E-state index is 0.117. The first-order chi connectivity index (χ1) is 17.0. The molecule has 8 heteroatoms. The van der Waals surface area contributed by atoms with Crippen molar-refractivity contribution >= 4 is 33.4 Å². The van der Waals surface area contributed by atoms with E-state index in [1.165, 1.54) is 11.0 Å². The van der Waals surface area contributed by atoms with Crippen molar-refractivity contribution in [2.24, 2.45) is 0 Å². The van der Waals surface area contributed by atoms with E-state index in [9.17, 15) is 19.7 Å². The quantitative estimate of drug-likeness (QED) is 0.282. The second-order valence-corrected chi connectivity index (χ2v) is 10.6. The number of rotatable bonds is 9. The third-order valence-corrected chi connectivity index (χ3v) is 6.09. The van der Waals surface area contributed by atoms with Gasteiger partial charge in [-0.15, -0.1) is 0 Å². The lowest BCUT2D eigenvalue weighted by molar-refractivity contribution is -0.385. The Hall–Kier alpha value is -3.52. The summed E-state index contributed by atoms with van der Waals surface area (Å²) < 4.78 is 0.898. The third-order valence-electron chi connectivity index (χ3n) is 5.57. The predicted molar refractivity (Wildman–Crippen MR) is 143 cm³/mol. The molecule has 3 rings (SSSR count). The van der Waals surface area contributed by atoms with Crippen molar-refractivity contribution in [2.75, 3.05) is 0 Å². The molecule has 3 aromatic rings. The zero-order valence-corrected chi connectivity index (χ0v) is 22.2. The molecule has 7 nitrogen and oxygen atoms in total. The van der Waals surface area contributed by atoms with Gasteiger partial charge < -0.3 is 10.2 Å². The minimum atomic E-state index is -0.814. The van der Waals surface area contributed by atoms with Gasteiger partial charge in [0.05, 0.1) is 11.3 Å². The van der Waals surface area contributed by atoms with Gasteiger partial charge in [-0.25, -0.2) is 0 Å². The van der Waals surface area contributed by atoms with E-state index in [-0.39, 0.29) is 30.5 Å². The van der Waals surface area contributed by atoms with Crippen LogP contribution in [0.25, 0.3) is 0 Å². The molecule has 3 aromatic carbocycles. The molecular formula is C28H30BrN3O4. The summed E-state index contributed by atoms with van der Waals surface area (Å²) in [4.78, 5) is 39.9. The zero-order chi connectivity index (χ0) is 26.3. The smallest absolute Gasteiger partial charge is 0.273 e. The minimum Gasteiger partial charge on any atom is -0.350 e. The van der Waals surface area contributed by atoms with Crippen LogP contribution in [0.1, 0.15) is 37.5 Å². The van der Waals surface area contributed by atoms with Crippen LogP contribution in [0, 0.1) is 10.1 Å². The molecule has 0 aliphatic heterocycles. The Morgan fingerprint density at radius 2 is 1.56 bits per heavy atom. The van der Waals surface area contributed by atoms with Crippen LogP contribution >= 0.6 is 15.9 Å². The first-order valence-electron chi connectivity index (χ1n) is 11.7. The monoisotopic (exact) mass is 551 g/mol. The number of nitro groups is 1. The van der Waals surface area contributed by atoms with Crippen LogP contribution in [-0.4, -0.2) is 33.2 Å². The van der Waals surface area contributed by atoms with Gasteiger partial charge in [-0.3, -0.25) is 19.7 Å². The summed E-state index contributed by atoms with van der Waals surface area (Å²) in [6.07, 6.45) is 0.115. The standard InChI is InChI=1S/C28H30BrN3O4/c1-28(2,3)30-27(34)25(17-20-9-5-4-6-10-20)31(19-21-13-15-23(29)16-14-21)26(33)18-22-11-7-8-12-24(22)32(35)36/h4-16,25H,17-19H2,1-3H3,(H,30,34)/t25-/m1/s1. The van der Waals surface area contributed by atoms with E-state index in [1.807, 2.05) is 75.4 Å². The molecule has 0 bridgehead atoms. The summed E-state index contributed by atoms with van der Waals surface area (Å²) in [5, 5.41) is 14.6. The number of hydrogen-bond donors (Lipinski definition) is 1. The molecule has 0 radical (unpaired) electrons. The molecule has 0 aliphatic rings. The van der Waals surface area contributed by atoms with Crippen LogP contribution in [0.4, 0.5) is 5.69 Å². The highest BCUT2D eigenvalue weighted by Crippen LogP contribution is 2.22. The van der Waals surface area contributed by atoms with Crippen molar-refractivity contribution in [3.8, 4) is 0 Å². The SMILES string of the molecule is CC(C)(C)NC(=O)[C@@H](Cc1ccccc1)N(Cc1ccc(Br)cc1)C(=O)Cc1ccccc1[N+](=O)[O-]. The Bertz CT molecular complexity index is 1210. The van der Waals surface area contributed by atoms with Gasteiger partial charge in [-0.2, -0.15) is 0 Å². The number of nitrogens with one attached hydrogen (secondary N) is 1. The van der Waals surface area contributed by atoms with E-state index >= 15 is 0 Å². The maximum absolute atomic E-state index is 13.8. The van der Waals surface area contributed by atoms with Gasteiger partial charge in [-0.05, 0) is 44.0 Å². The Labute approximate surface area is 219 Å². The highest BCUT2D eigenvalue weighted by atomic mass is 79.9. The van der Waals surface area contributed by atoms with Crippen molar-refractivity contribution in [2.45, 2.75) is 51.7 Å². The molecule has 2 amide bonds. The largest absolute Gasteiger partial charge is 0.350 e. The summed E-state index contributed by atoms with van der Waals surface area (Å²) >= 11 is 3.43. The van der Waals surface area contributed by atoms with Crippen molar-refractivity contribution in [3.63, 3.8) is 0 Å². The van der Waals surface area contributed by atoms with E-state index in [0.29, 0.717) is 12.0 Å². The van der Waals surface area contributed by atoms with Crippen molar-refractivity contribution < 1.29 is 14.5 Å². The van der Waals surface area contributed by atoms with Gasteiger partial charge in [0.25, 0.3) is 5.69 Å². The van der Waals surface area contributed by atoms with Crippen LogP contribution in [0.2, 0.25) is 0 Å². The first kappa shape index (κ1) is 27.1. The third kappa shape index (κ3) is 7.75. The van der Waals surface area contributed by atoms with Gasteiger partial charge in [-0.1, -0.05) is 76.6 Å². The van der Waals surface area contributed by atoms with E-state index in [2.05, 4.69) is 21.2 Å². The Balaban J connectivity index is 2.02. The lowest BCUT2D eigenvalue weighted by Gasteiger charge is -2.34. The van der Waals surface area contributed by atoms with Gasteiger partial charge in [0, 0.05) is 34.6 Å². The fourth-order valence-electron chi connectivity index (χ4n) is 3.90. The lowest BCUT2D eigenvalue weighted by Crippen LogP contribution is -2.54. The predicted octanol–water partition coefficient (Wildman–Crippen LogP) is 5.45. The molecule has 0 saturated heterocycles. The Kier molecular flexibility index (Phi) is 8.98. The topological polar surface area (TPSA) is 92.6 Å². The second-order valence-electron chi connectivity index (χ2n) is 9.66. The second kappa shape index (κ2) is 11.9. The lowest BCUT2D eigenvalue weighted by atomic mass is 9.99. The highest BCUT2D eigenvalue weighted by Gasteiger charge is 2.33. The molecule has 0 fully saturated rings. The van der Waals surface area contributed by atoms with Crippen LogP contribution in [0.5, 0.6) is 0 Å². The van der Waals surface area contributed by atoms with E-state index < -0.39 is 16.5 Å². The van der Waals surface area contributed by atoms with Crippen LogP contribution < -0.4 is 5.32 Å². The number of carbonyl (C=O) groups is 2. The number of carbonyl (C=O) groups excluding carboxylic acids is 2. The van der Waals surface area contributed by atoms with Crippen molar-refractivity contribution in [1.82, 2.24) is 10.2 Å².